The zero-order valence-electron chi connectivity index (χ0n) is 8.83. The molecule has 1 aromatic heterocycles. The minimum absolute atomic E-state index is 0.599. The first kappa shape index (κ1) is 11.1. The van der Waals surface area contributed by atoms with Gasteiger partial charge < -0.3 is 10.8 Å². The molecule has 78 valence electrons. The Kier molecular flexibility index (Phi) is 3.61. The van der Waals surface area contributed by atoms with Gasteiger partial charge in [0, 0.05) is 6.20 Å². The van der Waals surface area contributed by atoms with Gasteiger partial charge in [0.15, 0.2) is 0 Å². The minimum Gasteiger partial charge on any atom is -0.384 e. The Morgan fingerprint density at radius 3 is 2.86 bits per heavy atom. The van der Waals surface area contributed by atoms with E-state index in [1.54, 1.807) is 13.1 Å². The fourth-order valence-electron chi connectivity index (χ4n) is 1.41. The number of aromatic nitrogens is 1. The molecule has 0 aliphatic heterocycles. The van der Waals surface area contributed by atoms with Crippen molar-refractivity contribution in [3.8, 4) is 0 Å². The van der Waals surface area contributed by atoms with Crippen LogP contribution in [0.2, 0.25) is 0 Å². The number of aliphatic hydroxyl groups is 1. The van der Waals surface area contributed by atoms with Crippen molar-refractivity contribution in [2.75, 3.05) is 6.54 Å². The molecule has 0 fully saturated rings. The SMILES string of the molecule is Cc1ccnc(C(C)(O)CCCN)c1. The number of hydrogen-bond donors (Lipinski definition) is 2. The summed E-state index contributed by atoms with van der Waals surface area (Å²) in [5.74, 6) is 0. The van der Waals surface area contributed by atoms with E-state index in [2.05, 4.69) is 4.98 Å². The lowest BCUT2D eigenvalue weighted by molar-refractivity contribution is 0.0417. The van der Waals surface area contributed by atoms with E-state index in [0.29, 0.717) is 13.0 Å². The van der Waals surface area contributed by atoms with Gasteiger partial charge in [-0.25, -0.2) is 0 Å². The van der Waals surface area contributed by atoms with E-state index in [0.717, 1.165) is 17.7 Å². The van der Waals surface area contributed by atoms with Crippen LogP contribution in [0.15, 0.2) is 18.3 Å². The molecule has 0 amide bonds. The third-order valence-corrected chi connectivity index (χ3v) is 2.33. The molecule has 14 heavy (non-hydrogen) atoms. The highest BCUT2D eigenvalue weighted by Gasteiger charge is 2.23. The summed E-state index contributed by atoms with van der Waals surface area (Å²) in [6, 6.07) is 3.83. The van der Waals surface area contributed by atoms with Crippen LogP contribution in [0, 0.1) is 6.92 Å². The first-order valence-corrected chi connectivity index (χ1v) is 4.92. The number of hydrogen-bond acceptors (Lipinski definition) is 3. The number of rotatable bonds is 4. The molecular formula is C11H18N2O. The van der Waals surface area contributed by atoms with Gasteiger partial charge in [-0.2, -0.15) is 0 Å². The summed E-state index contributed by atoms with van der Waals surface area (Å²) in [6.07, 6.45) is 3.18. The van der Waals surface area contributed by atoms with Gasteiger partial charge in [0.05, 0.1) is 5.69 Å². The maximum atomic E-state index is 10.1. The predicted octanol–water partition coefficient (Wildman–Crippen LogP) is 1.34. The van der Waals surface area contributed by atoms with Gasteiger partial charge in [-0.1, -0.05) is 0 Å². The molecule has 1 atom stereocenters. The largest absolute Gasteiger partial charge is 0.384 e. The third-order valence-electron chi connectivity index (χ3n) is 2.33. The van der Waals surface area contributed by atoms with Gasteiger partial charge in [-0.3, -0.25) is 4.98 Å². The van der Waals surface area contributed by atoms with Crippen molar-refractivity contribution in [1.82, 2.24) is 4.98 Å². The molecule has 1 aromatic rings. The Balaban J connectivity index is 2.80. The summed E-state index contributed by atoms with van der Waals surface area (Å²) in [5.41, 5.74) is 6.40. The summed E-state index contributed by atoms with van der Waals surface area (Å²) in [7, 11) is 0. The Morgan fingerprint density at radius 2 is 2.29 bits per heavy atom. The van der Waals surface area contributed by atoms with Crippen LogP contribution < -0.4 is 5.73 Å². The Morgan fingerprint density at radius 1 is 1.57 bits per heavy atom. The van der Waals surface area contributed by atoms with E-state index in [1.807, 2.05) is 19.1 Å². The molecule has 3 nitrogen and oxygen atoms in total. The van der Waals surface area contributed by atoms with Gasteiger partial charge in [-0.05, 0) is 50.9 Å². The minimum atomic E-state index is -0.856. The van der Waals surface area contributed by atoms with Gasteiger partial charge in [0.2, 0.25) is 0 Å². The average Bonchev–Trinajstić information content (AvgIpc) is 2.15. The molecule has 0 aliphatic rings. The monoisotopic (exact) mass is 194 g/mol. The van der Waals surface area contributed by atoms with Crippen molar-refractivity contribution in [3.63, 3.8) is 0 Å². The van der Waals surface area contributed by atoms with E-state index in [1.165, 1.54) is 0 Å². The maximum Gasteiger partial charge on any atom is 0.104 e. The van der Waals surface area contributed by atoms with Crippen LogP contribution in [0.1, 0.15) is 31.0 Å². The zero-order valence-corrected chi connectivity index (χ0v) is 8.83. The molecule has 0 saturated carbocycles. The smallest absolute Gasteiger partial charge is 0.104 e. The lowest BCUT2D eigenvalue weighted by Gasteiger charge is -2.22. The van der Waals surface area contributed by atoms with E-state index < -0.39 is 5.60 Å². The molecule has 0 aromatic carbocycles. The Labute approximate surface area is 85.0 Å². The highest BCUT2D eigenvalue weighted by atomic mass is 16.3. The van der Waals surface area contributed by atoms with Gasteiger partial charge in [0.1, 0.15) is 5.60 Å². The van der Waals surface area contributed by atoms with E-state index in [9.17, 15) is 5.11 Å². The van der Waals surface area contributed by atoms with Gasteiger partial charge >= 0.3 is 0 Å². The molecule has 0 radical (unpaired) electrons. The lowest BCUT2D eigenvalue weighted by atomic mass is 9.95. The first-order chi connectivity index (χ1) is 6.56. The van der Waals surface area contributed by atoms with E-state index in [4.69, 9.17) is 5.73 Å². The molecule has 0 aliphatic carbocycles. The summed E-state index contributed by atoms with van der Waals surface area (Å²) < 4.78 is 0. The molecule has 0 spiro atoms. The number of aryl methyl sites for hydroxylation is 1. The van der Waals surface area contributed by atoms with Crippen LogP contribution in [0.4, 0.5) is 0 Å². The van der Waals surface area contributed by atoms with Crippen molar-refractivity contribution >= 4 is 0 Å². The number of pyridine rings is 1. The molecular weight excluding hydrogens is 176 g/mol. The molecule has 0 bridgehead atoms. The second-order valence-electron chi connectivity index (χ2n) is 3.88. The average molecular weight is 194 g/mol. The van der Waals surface area contributed by atoms with Crippen LogP contribution in [0.5, 0.6) is 0 Å². The standard InChI is InChI=1S/C11H18N2O/c1-9-4-7-13-10(8-9)11(2,14)5-3-6-12/h4,7-8,14H,3,5-6,12H2,1-2H3. The molecule has 1 heterocycles. The maximum absolute atomic E-state index is 10.1. The van der Waals surface area contributed by atoms with Crippen LogP contribution in [-0.4, -0.2) is 16.6 Å². The van der Waals surface area contributed by atoms with Crippen molar-refractivity contribution in [2.24, 2.45) is 5.73 Å². The van der Waals surface area contributed by atoms with Gasteiger partial charge in [-0.15, -0.1) is 0 Å². The van der Waals surface area contributed by atoms with Crippen LogP contribution in [0.25, 0.3) is 0 Å². The zero-order chi connectivity index (χ0) is 10.6. The van der Waals surface area contributed by atoms with Crippen molar-refractivity contribution in [3.05, 3.63) is 29.6 Å². The Bertz CT molecular complexity index is 297. The second kappa shape index (κ2) is 4.53. The van der Waals surface area contributed by atoms with Crippen molar-refractivity contribution < 1.29 is 5.11 Å². The Hall–Kier alpha value is -0.930. The van der Waals surface area contributed by atoms with Crippen molar-refractivity contribution in [2.45, 2.75) is 32.3 Å². The van der Waals surface area contributed by atoms with Gasteiger partial charge in [0.25, 0.3) is 0 Å². The number of nitrogens with zero attached hydrogens (tertiary/aromatic N) is 1. The summed E-state index contributed by atoms with van der Waals surface area (Å²) in [6.45, 7) is 4.37. The first-order valence-electron chi connectivity index (χ1n) is 4.92. The molecule has 3 N–H and O–H groups in total. The third kappa shape index (κ3) is 2.79. The van der Waals surface area contributed by atoms with Crippen molar-refractivity contribution in [1.29, 1.82) is 0 Å². The number of nitrogens with two attached hydrogens (primary N) is 1. The quantitative estimate of drug-likeness (QED) is 0.760. The molecule has 1 rings (SSSR count). The molecule has 0 saturated heterocycles. The summed E-state index contributed by atoms with van der Waals surface area (Å²) >= 11 is 0. The van der Waals surface area contributed by atoms with Crippen LogP contribution in [0.3, 0.4) is 0 Å². The fraction of sp³-hybridized carbons (Fsp3) is 0.545. The summed E-state index contributed by atoms with van der Waals surface area (Å²) in [4.78, 5) is 4.17. The summed E-state index contributed by atoms with van der Waals surface area (Å²) in [5, 5.41) is 10.1. The molecule has 3 heteroatoms. The second-order valence-corrected chi connectivity index (χ2v) is 3.88. The lowest BCUT2D eigenvalue weighted by Crippen LogP contribution is -2.23. The molecule has 1 unspecified atom stereocenters. The topological polar surface area (TPSA) is 59.1 Å². The highest BCUT2D eigenvalue weighted by Crippen LogP contribution is 2.24. The van der Waals surface area contributed by atoms with E-state index >= 15 is 0 Å². The van der Waals surface area contributed by atoms with E-state index in [-0.39, 0.29) is 0 Å². The van der Waals surface area contributed by atoms with Crippen LogP contribution in [-0.2, 0) is 5.60 Å². The normalized spacial score (nSPS) is 15.1. The highest BCUT2D eigenvalue weighted by molar-refractivity contribution is 5.19. The fourth-order valence-corrected chi connectivity index (χ4v) is 1.41. The predicted molar refractivity (Wildman–Crippen MR) is 56.8 cm³/mol. The van der Waals surface area contributed by atoms with Crippen LogP contribution >= 0.6 is 0 Å².